The Bertz CT molecular complexity index is 920. The lowest BCUT2D eigenvalue weighted by Crippen LogP contribution is -2.18. The predicted molar refractivity (Wildman–Crippen MR) is 130 cm³/mol. The van der Waals surface area contributed by atoms with Crippen LogP contribution < -0.4 is 15.3 Å². The van der Waals surface area contributed by atoms with E-state index >= 15 is 0 Å². The van der Waals surface area contributed by atoms with Crippen molar-refractivity contribution in [3.05, 3.63) is 89.0 Å². The average Bonchev–Trinajstić information content (AvgIpc) is 2.73. The molecule has 0 aliphatic heterocycles. The lowest BCUT2D eigenvalue weighted by atomic mass is 9.83. The third kappa shape index (κ3) is 5.12. The summed E-state index contributed by atoms with van der Waals surface area (Å²) in [5, 5.41) is 12.1. The van der Waals surface area contributed by atoms with Gasteiger partial charge in [-0.3, -0.25) is 0 Å². The van der Waals surface area contributed by atoms with Crippen molar-refractivity contribution in [3.8, 4) is 5.75 Å². The highest BCUT2D eigenvalue weighted by molar-refractivity contribution is 7.72. The topological polar surface area (TPSA) is 29.5 Å². The van der Waals surface area contributed by atoms with Crippen molar-refractivity contribution in [2.24, 2.45) is 0 Å². The van der Waals surface area contributed by atoms with Gasteiger partial charge < -0.3 is 9.84 Å². The molecule has 1 N–H and O–H groups in total. The summed E-state index contributed by atoms with van der Waals surface area (Å²) in [6.45, 7) is 11.4. The van der Waals surface area contributed by atoms with Crippen molar-refractivity contribution in [2.75, 3.05) is 13.2 Å². The molecule has 0 atom stereocenters. The van der Waals surface area contributed by atoms with Crippen LogP contribution in [0.1, 0.15) is 43.0 Å². The van der Waals surface area contributed by atoms with Crippen LogP contribution in [0.4, 0.5) is 0 Å². The number of aryl methyl sites for hydroxylation is 1. The van der Waals surface area contributed by atoms with Gasteiger partial charge in [0, 0.05) is 11.7 Å². The summed E-state index contributed by atoms with van der Waals surface area (Å²) in [7, 11) is -0.528. The summed E-state index contributed by atoms with van der Waals surface area (Å²) >= 11 is 0. The summed E-state index contributed by atoms with van der Waals surface area (Å²) in [6, 6.07) is 24.0. The monoisotopic (exact) mass is 420 g/mol. The van der Waals surface area contributed by atoms with Gasteiger partial charge in [-0.25, -0.2) is 0 Å². The molecule has 0 saturated heterocycles. The molecule has 0 amide bonds. The summed E-state index contributed by atoms with van der Waals surface area (Å²) in [4.78, 5) is 0. The van der Waals surface area contributed by atoms with E-state index in [0.717, 1.165) is 11.9 Å². The Morgan fingerprint density at radius 2 is 1.40 bits per heavy atom. The second-order valence-corrected chi connectivity index (χ2v) is 11.0. The van der Waals surface area contributed by atoms with Gasteiger partial charge >= 0.3 is 0 Å². The molecule has 0 bridgehead atoms. The molecule has 0 spiro atoms. The third-order valence-electron chi connectivity index (χ3n) is 5.47. The largest absolute Gasteiger partial charge is 0.491 e. The maximum atomic E-state index is 9.36. The van der Waals surface area contributed by atoms with Crippen molar-refractivity contribution in [1.82, 2.24) is 0 Å². The molecule has 158 valence electrons. The standard InChI is InChI=1S/C27H33O2P/c1-20-18-25(27(3,4)5)26(29-17-16-28)21(2)24(20)19-30(22-12-8-6-9-13-22)23-14-10-7-11-15-23/h6-15,18,28H,16-17,19H2,1-5H3. The Morgan fingerprint density at radius 3 is 1.87 bits per heavy atom. The fourth-order valence-electron chi connectivity index (χ4n) is 3.84. The van der Waals surface area contributed by atoms with E-state index in [0.29, 0.717) is 6.61 Å². The zero-order valence-corrected chi connectivity index (χ0v) is 19.7. The van der Waals surface area contributed by atoms with Gasteiger partial charge in [-0.05, 0) is 54.5 Å². The first-order valence-electron chi connectivity index (χ1n) is 10.6. The van der Waals surface area contributed by atoms with E-state index in [1.807, 2.05) is 0 Å². The van der Waals surface area contributed by atoms with Crippen LogP contribution in [0, 0.1) is 13.8 Å². The fourth-order valence-corrected chi connectivity index (χ4v) is 6.37. The molecule has 0 aromatic heterocycles. The molecule has 0 radical (unpaired) electrons. The lowest BCUT2D eigenvalue weighted by Gasteiger charge is -2.28. The Kier molecular flexibility index (Phi) is 7.34. The van der Waals surface area contributed by atoms with Gasteiger partial charge in [-0.2, -0.15) is 0 Å². The van der Waals surface area contributed by atoms with E-state index in [4.69, 9.17) is 4.74 Å². The van der Waals surface area contributed by atoms with Crippen molar-refractivity contribution in [3.63, 3.8) is 0 Å². The van der Waals surface area contributed by atoms with Crippen LogP contribution in [0.2, 0.25) is 0 Å². The van der Waals surface area contributed by atoms with Crippen LogP contribution in [-0.4, -0.2) is 18.3 Å². The molecular formula is C27H33O2P. The number of rotatable bonds is 7. The van der Waals surface area contributed by atoms with Gasteiger partial charge in [0.05, 0.1) is 6.61 Å². The Morgan fingerprint density at radius 1 is 0.867 bits per heavy atom. The van der Waals surface area contributed by atoms with E-state index < -0.39 is 7.92 Å². The van der Waals surface area contributed by atoms with E-state index in [1.165, 1.54) is 32.9 Å². The zero-order valence-electron chi connectivity index (χ0n) is 18.8. The predicted octanol–water partition coefficient (Wildman–Crippen LogP) is 5.60. The van der Waals surface area contributed by atoms with Gasteiger partial charge in [-0.15, -0.1) is 0 Å². The van der Waals surface area contributed by atoms with Crippen LogP contribution in [0.15, 0.2) is 66.7 Å². The van der Waals surface area contributed by atoms with Gasteiger partial charge in [0.2, 0.25) is 0 Å². The molecule has 3 rings (SSSR count). The number of hydrogen-bond acceptors (Lipinski definition) is 2. The number of ether oxygens (including phenoxy) is 1. The van der Waals surface area contributed by atoms with Gasteiger partial charge in [-0.1, -0.05) is 87.5 Å². The summed E-state index contributed by atoms with van der Waals surface area (Å²) < 4.78 is 6.09. The van der Waals surface area contributed by atoms with Crippen molar-refractivity contribution >= 4 is 18.5 Å². The van der Waals surface area contributed by atoms with Gasteiger partial charge in [0.25, 0.3) is 0 Å². The first kappa shape index (κ1) is 22.5. The Hall–Kier alpha value is -2.15. The maximum absolute atomic E-state index is 9.36. The molecule has 3 aromatic rings. The molecule has 0 aliphatic carbocycles. The number of aliphatic hydroxyl groups is 1. The highest BCUT2D eigenvalue weighted by Crippen LogP contribution is 2.44. The molecule has 2 nitrogen and oxygen atoms in total. The van der Waals surface area contributed by atoms with E-state index in [2.05, 4.69) is 101 Å². The van der Waals surface area contributed by atoms with Crippen LogP contribution in [-0.2, 0) is 11.6 Å². The fraction of sp³-hybridized carbons (Fsp3) is 0.333. The molecule has 0 aliphatic rings. The second kappa shape index (κ2) is 9.77. The minimum Gasteiger partial charge on any atom is -0.491 e. The van der Waals surface area contributed by atoms with Crippen molar-refractivity contribution in [2.45, 2.75) is 46.2 Å². The van der Waals surface area contributed by atoms with Gasteiger partial charge in [0.15, 0.2) is 0 Å². The smallest absolute Gasteiger partial charge is 0.126 e. The Balaban J connectivity index is 2.11. The molecule has 3 aromatic carbocycles. The molecule has 0 unspecified atom stereocenters. The molecule has 3 heteroatoms. The SMILES string of the molecule is Cc1cc(C(C)(C)C)c(OCCO)c(C)c1CP(c1ccccc1)c1ccccc1. The molecule has 0 fully saturated rings. The van der Waals surface area contributed by atoms with E-state index in [9.17, 15) is 5.11 Å². The molecule has 0 heterocycles. The number of hydrogen-bond donors (Lipinski definition) is 1. The summed E-state index contributed by atoms with van der Waals surface area (Å²) in [5.41, 5.74) is 5.05. The molecule has 0 saturated carbocycles. The molecular weight excluding hydrogens is 387 g/mol. The van der Waals surface area contributed by atoms with E-state index in [1.54, 1.807) is 0 Å². The van der Waals surface area contributed by atoms with Crippen LogP contribution in [0.3, 0.4) is 0 Å². The summed E-state index contributed by atoms with van der Waals surface area (Å²) in [5.74, 6) is 0.938. The minimum atomic E-state index is -0.528. The van der Waals surface area contributed by atoms with Crippen LogP contribution in [0.25, 0.3) is 0 Å². The first-order chi connectivity index (χ1) is 14.3. The lowest BCUT2D eigenvalue weighted by molar-refractivity contribution is 0.198. The normalized spacial score (nSPS) is 11.7. The second-order valence-electron chi connectivity index (χ2n) is 8.75. The number of benzene rings is 3. The maximum Gasteiger partial charge on any atom is 0.126 e. The third-order valence-corrected chi connectivity index (χ3v) is 7.95. The number of aliphatic hydroxyl groups excluding tert-OH is 1. The average molecular weight is 421 g/mol. The highest BCUT2D eigenvalue weighted by Gasteiger charge is 2.25. The quantitative estimate of drug-likeness (QED) is 0.504. The highest BCUT2D eigenvalue weighted by atomic mass is 31.1. The Labute approximate surface area is 182 Å². The molecule has 30 heavy (non-hydrogen) atoms. The minimum absolute atomic E-state index is 0.0208. The van der Waals surface area contributed by atoms with Crippen LogP contribution >= 0.6 is 7.92 Å². The zero-order chi connectivity index (χ0) is 21.7. The van der Waals surface area contributed by atoms with E-state index in [-0.39, 0.29) is 12.0 Å². The van der Waals surface area contributed by atoms with Crippen LogP contribution in [0.5, 0.6) is 5.75 Å². The van der Waals surface area contributed by atoms with Crippen molar-refractivity contribution in [1.29, 1.82) is 0 Å². The first-order valence-corrected chi connectivity index (χ1v) is 12.1. The van der Waals surface area contributed by atoms with Crippen molar-refractivity contribution < 1.29 is 9.84 Å². The summed E-state index contributed by atoms with van der Waals surface area (Å²) in [6.07, 6.45) is 0.973. The van der Waals surface area contributed by atoms with Gasteiger partial charge in [0.1, 0.15) is 12.4 Å².